The molecule has 0 aromatic heterocycles. The quantitative estimate of drug-likeness (QED) is 0.551. The van der Waals surface area contributed by atoms with E-state index in [2.05, 4.69) is 20.8 Å². The van der Waals surface area contributed by atoms with Crippen LogP contribution in [0.3, 0.4) is 0 Å². The van der Waals surface area contributed by atoms with Gasteiger partial charge in [-0.2, -0.15) is 0 Å². The Balaban J connectivity index is 2.22. The molecule has 0 radical (unpaired) electrons. The second-order valence-electron chi connectivity index (χ2n) is 6.13. The van der Waals surface area contributed by atoms with Crippen molar-refractivity contribution in [3.05, 3.63) is 0 Å². The first kappa shape index (κ1) is 10.4. The van der Waals surface area contributed by atoms with E-state index >= 15 is 0 Å². The number of alkyl halides is 1. The van der Waals surface area contributed by atoms with E-state index in [9.17, 15) is 4.39 Å². The Morgan fingerprint density at radius 2 is 1.71 bits per heavy atom. The predicted molar refractivity (Wildman–Crippen MR) is 57.8 cm³/mol. The molecule has 0 aromatic rings. The Kier molecular flexibility index (Phi) is 2.40. The summed E-state index contributed by atoms with van der Waals surface area (Å²) >= 11 is 0. The van der Waals surface area contributed by atoms with Gasteiger partial charge < -0.3 is 0 Å². The molecule has 2 saturated carbocycles. The van der Waals surface area contributed by atoms with Gasteiger partial charge >= 0.3 is 0 Å². The second-order valence-corrected chi connectivity index (χ2v) is 6.13. The summed E-state index contributed by atoms with van der Waals surface area (Å²) in [5.41, 5.74) is -0.899. The van der Waals surface area contributed by atoms with E-state index in [1.165, 1.54) is 12.8 Å². The maximum Gasteiger partial charge on any atom is 0.114 e. The second kappa shape index (κ2) is 3.21. The molecule has 0 N–H and O–H groups in total. The van der Waals surface area contributed by atoms with Crippen LogP contribution >= 0.6 is 0 Å². The summed E-state index contributed by atoms with van der Waals surface area (Å²) in [6.07, 6.45) is 3.61. The summed E-state index contributed by atoms with van der Waals surface area (Å²) in [7, 11) is 0. The van der Waals surface area contributed by atoms with Crippen molar-refractivity contribution in [1.82, 2.24) is 0 Å². The minimum Gasteiger partial charge on any atom is -0.244 e. The van der Waals surface area contributed by atoms with Crippen molar-refractivity contribution in [2.75, 3.05) is 0 Å². The zero-order valence-electron chi connectivity index (χ0n) is 9.89. The smallest absolute Gasteiger partial charge is 0.114 e. The SMILES string of the molecule is CC1CC(C)C2C(C1)CC(C)C2(C)F. The highest BCUT2D eigenvalue weighted by atomic mass is 19.1. The third-order valence-electron chi connectivity index (χ3n) is 4.87. The molecule has 0 spiro atoms. The van der Waals surface area contributed by atoms with Gasteiger partial charge in [0.25, 0.3) is 0 Å². The lowest BCUT2D eigenvalue weighted by molar-refractivity contribution is 0.0165. The average molecular weight is 198 g/mol. The Hall–Kier alpha value is -0.0700. The normalized spacial score (nSPS) is 58.5. The summed E-state index contributed by atoms with van der Waals surface area (Å²) < 4.78 is 14.5. The largest absolute Gasteiger partial charge is 0.244 e. The molecule has 2 fully saturated rings. The lowest BCUT2D eigenvalue weighted by atomic mass is 9.67. The molecule has 2 aliphatic rings. The van der Waals surface area contributed by atoms with Crippen LogP contribution in [0.15, 0.2) is 0 Å². The van der Waals surface area contributed by atoms with Crippen molar-refractivity contribution in [3.63, 3.8) is 0 Å². The van der Waals surface area contributed by atoms with Gasteiger partial charge in [-0.15, -0.1) is 0 Å². The highest BCUT2D eigenvalue weighted by Crippen LogP contribution is 2.56. The Bertz CT molecular complexity index is 221. The van der Waals surface area contributed by atoms with E-state index in [-0.39, 0.29) is 5.92 Å². The number of fused-ring (bicyclic) bond motifs is 1. The Morgan fingerprint density at radius 1 is 1.07 bits per heavy atom. The molecule has 14 heavy (non-hydrogen) atoms. The zero-order chi connectivity index (χ0) is 10.5. The van der Waals surface area contributed by atoms with Crippen LogP contribution in [0.1, 0.15) is 47.0 Å². The van der Waals surface area contributed by atoms with Crippen LogP contribution in [-0.2, 0) is 0 Å². The fraction of sp³-hybridized carbons (Fsp3) is 1.00. The third kappa shape index (κ3) is 1.40. The molecule has 0 heterocycles. The maximum absolute atomic E-state index is 14.5. The number of halogens is 1. The number of hydrogen-bond acceptors (Lipinski definition) is 0. The van der Waals surface area contributed by atoms with Crippen LogP contribution in [0.25, 0.3) is 0 Å². The summed E-state index contributed by atoms with van der Waals surface area (Å²) in [5.74, 6) is 2.67. The summed E-state index contributed by atoms with van der Waals surface area (Å²) in [5, 5.41) is 0. The average Bonchev–Trinajstić information content (AvgIpc) is 2.21. The van der Waals surface area contributed by atoms with Crippen molar-refractivity contribution in [3.8, 4) is 0 Å². The van der Waals surface area contributed by atoms with Crippen molar-refractivity contribution < 1.29 is 4.39 Å². The van der Waals surface area contributed by atoms with E-state index < -0.39 is 5.67 Å². The Labute approximate surface area is 87.3 Å². The van der Waals surface area contributed by atoms with Gasteiger partial charge in [0.15, 0.2) is 0 Å². The van der Waals surface area contributed by atoms with Gasteiger partial charge in [-0.05, 0) is 55.8 Å². The summed E-state index contributed by atoms with van der Waals surface area (Å²) in [6.45, 7) is 8.51. The molecule has 2 aliphatic carbocycles. The predicted octanol–water partition coefficient (Wildman–Crippen LogP) is 4.05. The molecule has 6 atom stereocenters. The topological polar surface area (TPSA) is 0 Å². The standard InChI is InChI=1S/C13H23F/c1-8-5-9(2)12-11(6-8)7-10(3)13(12,4)14/h8-12H,5-7H2,1-4H3. The lowest BCUT2D eigenvalue weighted by Crippen LogP contribution is -2.39. The minimum absolute atomic E-state index is 0.269. The van der Waals surface area contributed by atoms with Crippen molar-refractivity contribution in [2.24, 2.45) is 29.6 Å². The summed E-state index contributed by atoms with van der Waals surface area (Å²) in [4.78, 5) is 0. The van der Waals surface area contributed by atoms with Crippen LogP contribution in [0, 0.1) is 29.6 Å². The monoisotopic (exact) mass is 198 g/mol. The molecule has 0 saturated heterocycles. The van der Waals surface area contributed by atoms with Gasteiger partial charge in [0.2, 0.25) is 0 Å². The zero-order valence-corrected chi connectivity index (χ0v) is 9.89. The minimum atomic E-state index is -0.899. The lowest BCUT2D eigenvalue weighted by Gasteiger charge is -2.40. The number of rotatable bonds is 0. The Morgan fingerprint density at radius 3 is 2.36 bits per heavy atom. The van der Waals surface area contributed by atoms with Crippen LogP contribution < -0.4 is 0 Å². The van der Waals surface area contributed by atoms with E-state index in [0.29, 0.717) is 17.8 Å². The first-order chi connectivity index (χ1) is 6.43. The van der Waals surface area contributed by atoms with Gasteiger partial charge in [-0.25, -0.2) is 4.39 Å². The van der Waals surface area contributed by atoms with Crippen molar-refractivity contribution >= 4 is 0 Å². The fourth-order valence-electron chi connectivity index (χ4n) is 4.28. The van der Waals surface area contributed by atoms with Gasteiger partial charge in [-0.3, -0.25) is 0 Å². The van der Waals surface area contributed by atoms with Gasteiger partial charge in [0.1, 0.15) is 5.67 Å². The van der Waals surface area contributed by atoms with Crippen LogP contribution in [0.2, 0.25) is 0 Å². The molecule has 0 aromatic carbocycles. The molecule has 82 valence electrons. The van der Waals surface area contributed by atoms with Crippen LogP contribution in [0.4, 0.5) is 4.39 Å². The van der Waals surface area contributed by atoms with Gasteiger partial charge in [0, 0.05) is 0 Å². The van der Waals surface area contributed by atoms with Crippen molar-refractivity contribution in [1.29, 1.82) is 0 Å². The molecule has 2 rings (SSSR count). The highest BCUT2D eigenvalue weighted by molar-refractivity contribution is 5.03. The molecule has 1 heteroatoms. The van der Waals surface area contributed by atoms with Gasteiger partial charge in [0.05, 0.1) is 0 Å². The summed E-state index contributed by atoms with van der Waals surface area (Å²) in [6, 6.07) is 0. The van der Waals surface area contributed by atoms with E-state index in [1.54, 1.807) is 0 Å². The molecular formula is C13H23F. The molecular weight excluding hydrogens is 175 g/mol. The van der Waals surface area contributed by atoms with Crippen LogP contribution in [0.5, 0.6) is 0 Å². The van der Waals surface area contributed by atoms with Gasteiger partial charge in [-0.1, -0.05) is 20.8 Å². The molecule has 0 bridgehead atoms. The van der Waals surface area contributed by atoms with E-state index in [4.69, 9.17) is 0 Å². The molecule has 0 nitrogen and oxygen atoms in total. The highest BCUT2D eigenvalue weighted by Gasteiger charge is 2.54. The van der Waals surface area contributed by atoms with E-state index in [1.807, 2.05) is 6.92 Å². The van der Waals surface area contributed by atoms with E-state index in [0.717, 1.165) is 12.3 Å². The third-order valence-corrected chi connectivity index (χ3v) is 4.87. The van der Waals surface area contributed by atoms with Crippen LogP contribution in [-0.4, -0.2) is 5.67 Å². The first-order valence-corrected chi connectivity index (χ1v) is 6.11. The molecule has 0 aliphatic heterocycles. The van der Waals surface area contributed by atoms with Crippen molar-refractivity contribution in [2.45, 2.75) is 52.6 Å². The number of hydrogen-bond donors (Lipinski definition) is 0. The fourth-order valence-corrected chi connectivity index (χ4v) is 4.28. The molecule has 6 unspecified atom stereocenters. The first-order valence-electron chi connectivity index (χ1n) is 6.11. The molecule has 0 amide bonds. The maximum atomic E-state index is 14.5.